The number of rotatable bonds is 4. The van der Waals surface area contributed by atoms with Gasteiger partial charge in [0.25, 0.3) is 0 Å². The van der Waals surface area contributed by atoms with Crippen molar-refractivity contribution >= 4 is 11.6 Å². The van der Waals surface area contributed by atoms with Crippen LogP contribution in [-0.2, 0) is 6.54 Å². The van der Waals surface area contributed by atoms with Gasteiger partial charge in [-0.05, 0) is 31.0 Å². The fraction of sp³-hybridized carbons (Fsp3) is 0.316. The first-order valence-corrected chi connectivity index (χ1v) is 8.55. The standard InChI is InChI=1S/C19H20N4O2/c24-19(25)17-16(18-20-9-5-11-23(18)21-17)15-8-4-10-22(13-15)12-14-6-2-1-3-7-14/h1-3,5-7,9,11,15H,4,8,10,12-13H2,(H,24,25). The van der Waals surface area contributed by atoms with E-state index in [1.54, 1.807) is 23.0 Å². The summed E-state index contributed by atoms with van der Waals surface area (Å²) in [4.78, 5) is 18.5. The SMILES string of the molecule is O=C(O)c1nn2cccnc2c1C1CCCN(Cc2ccccc2)C1. The number of carboxylic acids is 1. The fourth-order valence-corrected chi connectivity index (χ4v) is 3.71. The van der Waals surface area contributed by atoms with Gasteiger partial charge < -0.3 is 5.11 Å². The minimum absolute atomic E-state index is 0.130. The summed E-state index contributed by atoms with van der Waals surface area (Å²) in [5.74, 6) is -0.850. The number of aromatic nitrogens is 3. The average Bonchev–Trinajstić information content (AvgIpc) is 3.03. The van der Waals surface area contributed by atoms with Gasteiger partial charge in [0.05, 0.1) is 0 Å². The van der Waals surface area contributed by atoms with Crippen LogP contribution in [0.25, 0.3) is 5.65 Å². The van der Waals surface area contributed by atoms with Crippen molar-refractivity contribution in [1.29, 1.82) is 0 Å². The lowest BCUT2D eigenvalue weighted by Crippen LogP contribution is -2.34. The van der Waals surface area contributed by atoms with E-state index >= 15 is 0 Å². The molecular weight excluding hydrogens is 316 g/mol. The number of carbonyl (C=O) groups is 1. The molecule has 1 aliphatic rings. The van der Waals surface area contributed by atoms with E-state index in [9.17, 15) is 9.90 Å². The van der Waals surface area contributed by atoms with Crippen LogP contribution in [0.1, 0.15) is 40.4 Å². The smallest absolute Gasteiger partial charge is 0.356 e. The Balaban J connectivity index is 1.64. The number of nitrogens with zero attached hydrogens (tertiary/aromatic N) is 4. The summed E-state index contributed by atoms with van der Waals surface area (Å²) in [7, 11) is 0. The van der Waals surface area contributed by atoms with Crippen LogP contribution in [0.5, 0.6) is 0 Å². The monoisotopic (exact) mass is 336 g/mol. The zero-order valence-electron chi connectivity index (χ0n) is 13.9. The van der Waals surface area contributed by atoms with Gasteiger partial charge in [-0.15, -0.1) is 0 Å². The molecule has 6 heteroatoms. The maximum Gasteiger partial charge on any atom is 0.356 e. The van der Waals surface area contributed by atoms with Crippen molar-refractivity contribution in [3.63, 3.8) is 0 Å². The summed E-state index contributed by atoms with van der Waals surface area (Å²) < 4.78 is 1.58. The number of benzene rings is 1. The van der Waals surface area contributed by atoms with Crippen LogP contribution in [-0.4, -0.2) is 43.7 Å². The fourth-order valence-electron chi connectivity index (χ4n) is 3.71. The number of fused-ring (bicyclic) bond motifs is 1. The first kappa shape index (κ1) is 15.8. The highest BCUT2D eigenvalue weighted by Crippen LogP contribution is 2.32. The van der Waals surface area contributed by atoms with Crippen molar-refractivity contribution in [3.05, 3.63) is 65.6 Å². The predicted molar refractivity (Wildman–Crippen MR) is 93.6 cm³/mol. The lowest BCUT2D eigenvalue weighted by molar-refractivity contribution is 0.0687. The van der Waals surface area contributed by atoms with Gasteiger partial charge in [0.15, 0.2) is 11.3 Å². The van der Waals surface area contributed by atoms with Gasteiger partial charge >= 0.3 is 5.97 Å². The molecule has 1 atom stereocenters. The molecule has 1 aromatic carbocycles. The molecule has 0 bridgehead atoms. The number of hydrogen-bond acceptors (Lipinski definition) is 4. The molecular formula is C19H20N4O2. The van der Waals surface area contributed by atoms with E-state index in [0.717, 1.165) is 38.0 Å². The normalized spacial score (nSPS) is 18.5. The zero-order chi connectivity index (χ0) is 17.2. The third kappa shape index (κ3) is 3.13. The molecule has 1 fully saturated rings. The average molecular weight is 336 g/mol. The van der Waals surface area contributed by atoms with Crippen LogP contribution in [0.3, 0.4) is 0 Å². The number of aromatic carboxylic acids is 1. The van der Waals surface area contributed by atoms with E-state index in [-0.39, 0.29) is 11.6 Å². The van der Waals surface area contributed by atoms with Crippen molar-refractivity contribution in [2.45, 2.75) is 25.3 Å². The molecule has 0 spiro atoms. The van der Waals surface area contributed by atoms with Crippen molar-refractivity contribution < 1.29 is 9.90 Å². The number of likely N-dealkylation sites (tertiary alicyclic amines) is 1. The molecule has 0 amide bonds. The number of hydrogen-bond donors (Lipinski definition) is 1. The minimum atomic E-state index is -0.985. The van der Waals surface area contributed by atoms with Gasteiger partial charge in [-0.25, -0.2) is 14.3 Å². The van der Waals surface area contributed by atoms with Crippen molar-refractivity contribution in [1.82, 2.24) is 19.5 Å². The van der Waals surface area contributed by atoms with E-state index in [4.69, 9.17) is 0 Å². The van der Waals surface area contributed by atoms with Gasteiger partial charge in [-0.3, -0.25) is 4.90 Å². The van der Waals surface area contributed by atoms with E-state index in [0.29, 0.717) is 5.65 Å². The number of piperidine rings is 1. The van der Waals surface area contributed by atoms with Crippen LogP contribution in [0.4, 0.5) is 0 Å². The maximum absolute atomic E-state index is 11.7. The Kier molecular flexibility index (Phi) is 4.19. The second kappa shape index (κ2) is 6.64. The van der Waals surface area contributed by atoms with Crippen LogP contribution in [0.2, 0.25) is 0 Å². The molecule has 0 radical (unpaired) electrons. The Morgan fingerprint density at radius 1 is 1.24 bits per heavy atom. The Bertz CT molecular complexity index is 891. The van der Waals surface area contributed by atoms with Crippen molar-refractivity contribution in [2.75, 3.05) is 13.1 Å². The van der Waals surface area contributed by atoms with Crippen molar-refractivity contribution in [3.8, 4) is 0 Å². The molecule has 1 aliphatic heterocycles. The first-order chi connectivity index (χ1) is 12.2. The lowest BCUT2D eigenvalue weighted by Gasteiger charge is -2.32. The Labute approximate surface area is 145 Å². The largest absolute Gasteiger partial charge is 0.476 e. The van der Waals surface area contributed by atoms with Crippen molar-refractivity contribution in [2.24, 2.45) is 0 Å². The summed E-state index contributed by atoms with van der Waals surface area (Å²) in [6, 6.07) is 12.1. The van der Waals surface area contributed by atoms with E-state index in [1.165, 1.54) is 5.56 Å². The topological polar surface area (TPSA) is 70.7 Å². The van der Waals surface area contributed by atoms with Gasteiger partial charge in [0.2, 0.25) is 0 Å². The van der Waals surface area contributed by atoms with Crippen LogP contribution >= 0.6 is 0 Å². The molecule has 6 nitrogen and oxygen atoms in total. The molecule has 1 N–H and O–H groups in total. The van der Waals surface area contributed by atoms with Gasteiger partial charge in [0.1, 0.15) is 0 Å². The summed E-state index contributed by atoms with van der Waals surface area (Å²) in [5, 5.41) is 13.8. The molecule has 4 rings (SSSR count). The predicted octanol–water partition coefficient (Wildman–Crippen LogP) is 2.81. The van der Waals surface area contributed by atoms with Gasteiger partial charge in [-0.1, -0.05) is 30.3 Å². The molecule has 0 aliphatic carbocycles. The molecule has 128 valence electrons. The molecule has 1 saturated heterocycles. The molecule has 3 heterocycles. The second-order valence-corrected chi connectivity index (χ2v) is 6.52. The quantitative estimate of drug-likeness (QED) is 0.793. The van der Waals surface area contributed by atoms with Gasteiger partial charge in [0, 0.05) is 37.0 Å². The van der Waals surface area contributed by atoms with E-state index in [2.05, 4.69) is 39.2 Å². The molecule has 2 aromatic heterocycles. The minimum Gasteiger partial charge on any atom is -0.476 e. The second-order valence-electron chi connectivity index (χ2n) is 6.52. The summed E-state index contributed by atoms with van der Waals surface area (Å²) in [6.07, 6.45) is 5.45. The highest BCUT2D eigenvalue weighted by atomic mass is 16.4. The van der Waals surface area contributed by atoms with Gasteiger partial charge in [-0.2, -0.15) is 5.10 Å². The Morgan fingerprint density at radius 3 is 2.88 bits per heavy atom. The molecule has 3 aromatic rings. The molecule has 0 saturated carbocycles. The third-order valence-electron chi connectivity index (χ3n) is 4.80. The van der Waals surface area contributed by atoms with Crippen LogP contribution in [0.15, 0.2) is 48.8 Å². The third-order valence-corrected chi connectivity index (χ3v) is 4.80. The Hall–Kier alpha value is -2.73. The molecule has 25 heavy (non-hydrogen) atoms. The Morgan fingerprint density at radius 2 is 2.08 bits per heavy atom. The summed E-state index contributed by atoms with van der Waals surface area (Å²) in [6.45, 7) is 2.74. The maximum atomic E-state index is 11.7. The molecule has 1 unspecified atom stereocenters. The van der Waals surface area contributed by atoms with E-state index in [1.807, 2.05) is 6.07 Å². The first-order valence-electron chi connectivity index (χ1n) is 8.55. The lowest BCUT2D eigenvalue weighted by atomic mass is 9.90. The summed E-state index contributed by atoms with van der Waals surface area (Å²) in [5.41, 5.74) is 2.84. The zero-order valence-corrected chi connectivity index (χ0v) is 13.9. The van der Waals surface area contributed by atoms with Crippen LogP contribution < -0.4 is 0 Å². The number of carboxylic acid groups (broad SMARTS) is 1. The van der Waals surface area contributed by atoms with Crippen LogP contribution in [0, 0.1) is 0 Å². The van der Waals surface area contributed by atoms with E-state index < -0.39 is 5.97 Å². The highest BCUT2D eigenvalue weighted by molar-refractivity contribution is 5.89. The highest BCUT2D eigenvalue weighted by Gasteiger charge is 2.30. The summed E-state index contributed by atoms with van der Waals surface area (Å²) >= 11 is 0.